The second-order valence-corrected chi connectivity index (χ2v) is 4.53. The van der Waals surface area contributed by atoms with E-state index >= 15 is 0 Å². The SMILES string of the molecule is Cc1ccsc1C(N)c1c(F)cccc1F. The number of rotatable bonds is 2. The Morgan fingerprint density at radius 3 is 2.31 bits per heavy atom. The lowest BCUT2D eigenvalue weighted by Crippen LogP contribution is -2.15. The second-order valence-electron chi connectivity index (χ2n) is 3.58. The van der Waals surface area contributed by atoms with Crippen molar-refractivity contribution in [3.05, 3.63) is 57.3 Å². The summed E-state index contributed by atoms with van der Waals surface area (Å²) in [5, 5.41) is 1.86. The average molecular weight is 239 g/mol. The third-order valence-corrected chi connectivity index (χ3v) is 3.60. The smallest absolute Gasteiger partial charge is 0.131 e. The van der Waals surface area contributed by atoms with Crippen LogP contribution in [0.5, 0.6) is 0 Å². The summed E-state index contributed by atoms with van der Waals surface area (Å²) in [6.45, 7) is 1.88. The predicted molar refractivity (Wildman–Crippen MR) is 61.4 cm³/mol. The van der Waals surface area contributed by atoms with E-state index in [1.807, 2.05) is 18.4 Å². The summed E-state index contributed by atoms with van der Waals surface area (Å²) in [7, 11) is 0. The molecule has 16 heavy (non-hydrogen) atoms. The van der Waals surface area contributed by atoms with Crippen molar-refractivity contribution in [1.82, 2.24) is 0 Å². The maximum atomic E-state index is 13.5. The molecule has 1 heterocycles. The Balaban J connectivity index is 2.49. The highest BCUT2D eigenvalue weighted by atomic mass is 32.1. The molecule has 0 spiro atoms. The van der Waals surface area contributed by atoms with Gasteiger partial charge in [0.05, 0.1) is 6.04 Å². The fraction of sp³-hybridized carbons (Fsp3) is 0.167. The number of thiophene rings is 1. The highest BCUT2D eigenvalue weighted by Crippen LogP contribution is 2.30. The van der Waals surface area contributed by atoms with Crippen molar-refractivity contribution in [2.24, 2.45) is 5.73 Å². The molecular weight excluding hydrogens is 228 g/mol. The molecule has 2 N–H and O–H groups in total. The Morgan fingerprint density at radius 2 is 1.81 bits per heavy atom. The minimum absolute atomic E-state index is 0.0620. The van der Waals surface area contributed by atoms with E-state index in [0.29, 0.717) is 0 Å². The number of hydrogen-bond donors (Lipinski definition) is 1. The fourth-order valence-corrected chi connectivity index (χ4v) is 2.58. The molecule has 1 atom stereocenters. The molecule has 84 valence electrons. The first-order valence-corrected chi connectivity index (χ1v) is 5.72. The van der Waals surface area contributed by atoms with Gasteiger partial charge in [0.25, 0.3) is 0 Å². The van der Waals surface area contributed by atoms with Crippen LogP contribution in [0, 0.1) is 18.6 Å². The molecule has 0 amide bonds. The molecule has 1 aromatic heterocycles. The van der Waals surface area contributed by atoms with Gasteiger partial charge in [0.1, 0.15) is 11.6 Å². The normalized spacial score (nSPS) is 12.8. The quantitative estimate of drug-likeness (QED) is 0.854. The van der Waals surface area contributed by atoms with Crippen LogP contribution in [0.2, 0.25) is 0 Å². The highest BCUT2D eigenvalue weighted by molar-refractivity contribution is 7.10. The van der Waals surface area contributed by atoms with E-state index in [9.17, 15) is 8.78 Å². The van der Waals surface area contributed by atoms with Crippen molar-refractivity contribution in [3.8, 4) is 0 Å². The Labute approximate surface area is 96.5 Å². The number of aryl methyl sites for hydroxylation is 1. The van der Waals surface area contributed by atoms with E-state index in [2.05, 4.69) is 0 Å². The zero-order valence-electron chi connectivity index (χ0n) is 8.71. The first-order valence-electron chi connectivity index (χ1n) is 4.84. The molecule has 0 radical (unpaired) electrons. The Hall–Kier alpha value is -1.26. The number of benzene rings is 1. The standard InChI is InChI=1S/C12H11F2NS/c1-7-5-6-16-12(7)11(15)10-8(13)3-2-4-9(10)14/h2-6,11H,15H2,1H3. The molecule has 1 nitrogen and oxygen atoms in total. The maximum Gasteiger partial charge on any atom is 0.131 e. The molecule has 0 aliphatic rings. The molecule has 2 rings (SSSR count). The first-order chi connectivity index (χ1) is 7.61. The van der Waals surface area contributed by atoms with Gasteiger partial charge in [0.15, 0.2) is 0 Å². The van der Waals surface area contributed by atoms with Gasteiger partial charge < -0.3 is 5.73 Å². The van der Waals surface area contributed by atoms with Gasteiger partial charge in [-0.2, -0.15) is 0 Å². The van der Waals surface area contributed by atoms with Crippen LogP contribution in [0.3, 0.4) is 0 Å². The molecule has 0 aliphatic heterocycles. The van der Waals surface area contributed by atoms with E-state index < -0.39 is 17.7 Å². The molecule has 0 saturated heterocycles. The molecular formula is C12H11F2NS. The minimum Gasteiger partial charge on any atom is -0.319 e. The summed E-state index contributed by atoms with van der Waals surface area (Å²) in [5.41, 5.74) is 6.79. The van der Waals surface area contributed by atoms with Gasteiger partial charge in [-0.3, -0.25) is 0 Å². The Bertz CT molecular complexity index is 487. The van der Waals surface area contributed by atoms with Crippen LogP contribution in [0.15, 0.2) is 29.6 Å². The van der Waals surface area contributed by atoms with Crippen molar-refractivity contribution in [3.63, 3.8) is 0 Å². The maximum absolute atomic E-state index is 13.5. The van der Waals surface area contributed by atoms with Gasteiger partial charge in [-0.1, -0.05) is 6.07 Å². The van der Waals surface area contributed by atoms with Crippen molar-refractivity contribution >= 4 is 11.3 Å². The van der Waals surface area contributed by atoms with Crippen LogP contribution in [-0.4, -0.2) is 0 Å². The summed E-state index contributed by atoms with van der Waals surface area (Å²) in [6.07, 6.45) is 0. The number of nitrogens with two attached hydrogens (primary N) is 1. The predicted octanol–water partition coefficient (Wildman–Crippen LogP) is 3.38. The average Bonchev–Trinajstić information content (AvgIpc) is 2.64. The van der Waals surface area contributed by atoms with Crippen molar-refractivity contribution in [1.29, 1.82) is 0 Å². The Morgan fingerprint density at radius 1 is 1.19 bits per heavy atom. The summed E-state index contributed by atoms with van der Waals surface area (Å²) < 4.78 is 27.0. The van der Waals surface area contributed by atoms with Crippen molar-refractivity contribution < 1.29 is 8.78 Å². The lowest BCUT2D eigenvalue weighted by Gasteiger charge is -2.13. The van der Waals surface area contributed by atoms with E-state index in [1.165, 1.54) is 29.5 Å². The third-order valence-electron chi connectivity index (χ3n) is 2.49. The van der Waals surface area contributed by atoms with E-state index in [-0.39, 0.29) is 5.56 Å². The van der Waals surface area contributed by atoms with Crippen LogP contribution >= 0.6 is 11.3 Å². The van der Waals surface area contributed by atoms with Crippen LogP contribution in [0.4, 0.5) is 8.78 Å². The summed E-state index contributed by atoms with van der Waals surface area (Å²) in [4.78, 5) is 0.795. The summed E-state index contributed by atoms with van der Waals surface area (Å²) in [6, 6.07) is 4.93. The zero-order valence-corrected chi connectivity index (χ0v) is 9.52. The second kappa shape index (κ2) is 4.31. The number of hydrogen-bond acceptors (Lipinski definition) is 2. The molecule has 2 aromatic rings. The topological polar surface area (TPSA) is 26.0 Å². The molecule has 1 unspecified atom stereocenters. The molecule has 0 fully saturated rings. The highest BCUT2D eigenvalue weighted by Gasteiger charge is 2.20. The van der Waals surface area contributed by atoms with Gasteiger partial charge in [-0.15, -0.1) is 11.3 Å². The molecule has 1 aromatic carbocycles. The van der Waals surface area contributed by atoms with Crippen LogP contribution in [-0.2, 0) is 0 Å². The van der Waals surface area contributed by atoms with Crippen molar-refractivity contribution in [2.75, 3.05) is 0 Å². The first kappa shape index (κ1) is 11.2. The largest absolute Gasteiger partial charge is 0.319 e. The summed E-state index contributed by atoms with van der Waals surface area (Å²) in [5.74, 6) is -1.19. The lowest BCUT2D eigenvalue weighted by molar-refractivity contribution is 0.544. The fourth-order valence-electron chi connectivity index (χ4n) is 1.64. The van der Waals surface area contributed by atoms with Gasteiger partial charge in [-0.25, -0.2) is 8.78 Å². The van der Waals surface area contributed by atoms with Gasteiger partial charge in [-0.05, 0) is 36.1 Å². The van der Waals surface area contributed by atoms with Gasteiger partial charge in [0.2, 0.25) is 0 Å². The molecule has 0 bridgehead atoms. The van der Waals surface area contributed by atoms with Crippen LogP contribution in [0.1, 0.15) is 22.0 Å². The van der Waals surface area contributed by atoms with Crippen LogP contribution < -0.4 is 5.73 Å². The van der Waals surface area contributed by atoms with E-state index in [0.717, 1.165) is 10.4 Å². The third kappa shape index (κ3) is 1.86. The van der Waals surface area contributed by atoms with E-state index in [4.69, 9.17) is 5.73 Å². The zero-order chi connectivity index (χ0) is 11.7. The number of halogens is 2. The van der Waals surface area contributed by atoms with Gasteiger partial charge >= 0.3 is 0 Å². The monoisotopic (exact) mass is 239 g/mol. The van der Waals surface area contributed by atoms with Crippen molar-refractivity contribution in [2.45, 2.75) is 13.0 Å². The van der Waals surface area contributed by atoms with Gasteiger partial charge in [0, 0.05) is 10.4 Å². The van der Waals surface area contributed by atoms with Crippen LogP contribution in [0.25, 0.3) is 0 Å². The summed E-state index contributed by atoms with van der Waals surface area (Å²) >= 11 is 1.41. The van der Waals surface area contributed by atoms with E-state index in [1.54, 1.807) is 0 Å². The lowest BCUT2D eigenvalue weighted by atomic mass is 10.0. The molecule has 0 aliphatic carbocycles. The minimum atomic E-state index is -0.735. The Kier molecular flexibility index (Phi) is 3.03. The molecule has 4 heteroatoms. The molecule has 0 saturated carbocycles.